The van der Waals surface area contributed by atoms with E-state index < -0.39 is 5.97 Å². The molecule has 1 aromatic heterocycles. The van der Waals surface area contributed by atoms with Crippen molar-refractivity contribution in [1.29, 1.82) is 0 Å². The molecule has 122 valence electrons. The maximum absolute atomic E-state index is 12.1. The Morgan fingerprint density at radius 1 is 1.39 bits per heavy atom. The summed E-state index contributed by atoms with van der Waals surface area (Å²) in [6.45, 7) is 0.138. The van der Waals surface area contributed by atoms with Gasteiger partial charge in [-0.3, -0.25) is 4.79 Å². The predicted octanol–water partition coefficient (Wildman–Crippen LogP) is 1.13. The summed E-state index contributed by atoms with van der Waals surface area (Å²) in [5, 5.41) is 19.2. The number of carbonyl (C=O) groups is 2. The van der Waals surface area contributed by atoms with Crippen molar-refractivity contribution in [2.24, 2.45) is 0 Å². The van der Waals surface area contributed by atoms with Crippen molar-refractivity contribution in [2.45, 2.75) is 12.6 Å². The van der Waals surface area contributed by atoms with Crippen LogP contribution in [0.3, 0.4) is 0 Å². The number of carbonyl (C=O) groups excluding carboxylic acids is 1. The molecule has 0 aliphatic heterocycles. The number of nitrogens with one attached hydrogen (secondary N) is 1. The van der Waals surface area contributed by atoms with Crippen LogP contribution < -0.4 is 5.32 Å². The van der Waals surface area contributed by atoms with Crippen LogP contribution in [0.4, 0.5) is 0 Å². The molecule has 1 atom stereocenters. The number of hydrogen-bond donors (Lipinski definition) is 2. The van der Waals surface area contributed by atoms with Crippen molar-refractivity contribution in [3.8, 4) is 0 Å². The number of rotatable bonds is 7. The molecule has 0 aliphatic carbocycles. The molecular weight excluding hydrogens is 324 g/mol. The highest BCUT2D eigenvalue weighted by atomic mass is 35.5. The second-order valence-corrected chi connectivity index (χ2v) is 5.17. The minimum Gasteiger partial charge on any atom is -0.476 e. The van der Waals surface area contributed by atoms with E-state index in [0.29, 0.717) is 5.02 Å². The Labute approximate surface area is 137 Å². The molecule has 0 bridgehead atoms. The molecule has 0 saturated carbocycles. The smallest absolute Gasteiger partial charge is 0.358 e. The lowest BCUT2D eigenvalue weighted by Gasteiger charge is -2.18. The van der Waals surface area contributed by atoms with Gasteiger partial charge in [0.15, 0.2) is 5.69 Å². The lowest BCUT2D eigenvalue weighted by Crippen LogP contribution is -2.34. The summed E-state index contributed by atoms with van der Waals surface area (Å²) in [6.07, 6.45) is 1.19. The molecule has 2 rings (SSSR count). The summed E-state index contributed by atoms with van der Waals surface area (Å²) < 4.78 is 6.27. The van der Waals surface area contributed by atoms with E-state index in [4.69, 9.17) is 21.4 Å². The number of halogens is 1. The van der Waals surface area contributed by atoms with Crippen LogP contribution in [0, 0.1) is 0 Å². The van der Waals surface area contributed by atoms with Gasteiger partial charge >= 0.3 is 5.97 Å². The van der Waals surface area contributed by atoms with Crippen LogP contribution >= 0.6 is 11.6 Å². The summed E-state index contributed by atoms with van der Waals surface area (Å²) in [5.74, 6) is -1.54. The highest BCUT2D eigenvalue weighted by Crippen LogP contribution is 2.17. The van der Waals surface area contributed by atoms with Gasteiger partial charge in [-0.25, -0.2) is 9.48 Å². The van der Waals surface area contributed by atoms with Gasteiger partial charge in [0.25, 0.3) is 0 Å². The molecule has 1 aromatic carbocycles. The van der Waals surface area contributed by atoms with Gasteiger partial charge in [-0.1, -0.05) is 28.9 Å². The van der Waals surface area contributed by atoms with Crippen LogP contribution in [-0.4, -0.2) is 45.7 Å². The molecular formula is C14H15ClN4O4. The fourth-order valence-corrected chi connectivity index (χ4v) is 2.07. The van der Waals surface area contributed by atoms with Crippen molar-refractivity contribution >= 4 is 23.5 Å². The van der Waals surface area contributed by atoms with E-state index in [1.54, 1.807) is 24.3 Å². The molecule has 2 N–H and O–H groups in total. The van der Waals surface area contributed by atoms with Gasteiger partial charge in [-0.15, -0.1) is 5.10 Å². The summed E-state index contributed by atoms with van der Waals surface area (Å²) in [7, 11) is 1.53. The number of benzene rings is 1. The van der Waals surface area contributed by atoms with E-state index in [-0.39, 0.29) is 30.8 Å². The first kappa shape index (κ1) is 16.9. The molecule has 0 aliphatic rings. The molecule has 8 nitrogen and oxygen atoms in total. The first-order valence-electron chi connectivity index (χ1n) is 6.66. The first-order chi connectivity index (χ1) is 11.0. The van der Waals surface area contributed by atoms with E-state index in [2.05, 4.69) is 15.6 Å². The van der Waals surface area contributed by atoms with E-state index in [1.807, 2.05) is 0 Å². The van der Waals surface area contributed by atoms with Gasteiger partial charge in [-0.05, 0) is 17.7 Å². The topological polar surface area (TPSA) is 106 Å². The molecule has 0 radical (unpaired) electrons. The summed E-state index contributed by atoms with van der Waals surface area (Å²) in [4.78, 5) is 22.8. The zero-order valence-electron chi connectivity index (χ0n) is 12.3. The van der Waals surface area contributed by atoms with Crippen LogP contribution in [0.5, 0.6) is 0 Å². The van der Waals surface area contributed by atoms with Crippen LogP contribution in [-0.2, 0) is 16.1 Å². The minimum atomic E-state index is -1.20. The molecule has 1 unspecified atom stereocenters. The summed E-state index contributed by atoms with van der Waals surface area (Å²) >= 11 is 5.85. The van der Waals surface area contributed by atoms with Gasteiger partial charge in [0.2, 0.25) is 5.91 Å². The van der Waals surface area contributed by atoms with Crippen molar-refractivity contribution in [1.82, 2.24) is 20.3 Å². The van der Waals surface area contributed by atoms with E-state index in [9.17, 15) is 9.59 Å². The highest BCUT2D eigenvalue weighted by Gasteiger charge is 2.16. The Bertz CT molecular complexity index is 686. The second-order valence-electron chi connectivity index (χ2n) is 4.73. The number of carboxylic acids is 1. The quantitative estimate of drug-likeness (QED) is 0.784. The number of aromatic carboxylic acids is 1. The third-order valence-electron chi connectivity index (χ3n) is 3.00. The van der Waals surface area contributed by atoms with Gasteiger partial charge in [0, 0.05) is 12.1 Å². The van der Waals surface area contributed by atoms with Crippen LogP contribution in [0.1, 0.15) is 22.1 Å². The number of ether oxygens (including phenoxy) is 1. The average Bonchev–Trinajstić information content (AvgIpc) is 2.96. The maximum Gasteiger partial charge on any atom is 0.358 e. The Kier molecular flexibility index (Phi) is 5.67. The van der Waals surface area contributed by atoms with Crippen LogP contribution in [0.25, 0.3) is 0 Å². The molecule has 1 amide bonds. The summed E-state index contributed by atoms with van der Waals surface area (Å²) in [5.41, 5.74) is 0.623. The van der Waals surface area contributed by atoms with Crippen LogP contribution in [0.15, 0.2) is 30.5 Å². The number of nitrogens with zero attached hydrogens (tertiary/aromatic N) is 3. The number of carboxylic acid groups (broad SMARTS) is 1. The fourth-order valence-electron chi connectivity index (χ4n) is 1.94. The van der Waals surface area contributed by atoms with E-state index in [0.717, 1.165) is 10.2 Å². The Morgan fingerprint density at radius 2 is 2.09 bits per heavy atom. The maximum atomic E-state index is 12.1. The van der Waals surface area contributed by atoms with Crippen molar-refractivity contribution in [2.75, 3.05) is 13.7 Å². The Hall–Kier alpha value is -2.45. The highest BCUT2D eigenvalue weighted by molar-refractivity contribution is 6.30. The molecule has 2 aromatic rings. The molecule has 0 spiro atoms. The predicted molar refractivity (Wildman–Crippen MR) is 81.2 cm³/mol. The normalized spacial score (nSPS) is 11.9. The third-order valence-corrected chi connectivity index (χ3v) is 3.26. The van der Waals surface area contributed by atoms with Gasteiger partial charge in [0.05, 0.1) is 18.8 Å². The molecule has 1 heterocycles. The van der Waals surface area contributed by atoms with E-state index in [1.165, 1.54) is 13.3 Å². The second kappa shape index (κ2) is 7.70. The lowest BCUT2D eigenvalue weighted by molar-refractivity contribution is -0.123. The zero-order chi connectivity index (χ0) is 16.8. The Morgan fingerprint density at radius 3 is 2.65 bits per heavy atom. The summed E-state index contributed by atoms with van der Waals surface area (Å²) in [6, 6.07) is 6.69. The fraction of sp³-hybridized carbons (Fsp3) is 0.286. The first-order valence-corrected chi connectivity index (χ1v) is 7.04. The number of amides is 1. The minimum absolute atomic E-state index is 0.145. The SMILES string of the molecule is COCC(NC(=O)Cn1cc(C(=O)O)nn1)c1ccc(Cl)cc1. The van der Waals surface area contributed by atoms with Crippen molar-refractivity contribution < 1.29 is 19.4 Å². The number of aromatic nitrogens is 3. The zero-order valence-corrected chi connectivity index (χ0v) is 13.0. The average molecular weight is 339 g/mol. The number of hydrogen-bond acceptors (Lipinski definition) is 5. The molecule has 0 fully saturated rings. The van der Waals surface area contributed by atoms with Crippen molar-refractivity contribution in [3.63, 3.8) is 0 Å². The lowest BCUT2D eigenvalue weighted by atomic mass is 10.1. The van der Waals surface area contributed by atoms with Crippen molar-refractivity contribution in [3.05, 3.63) is 46.7 Å². The monoisotopic (exact) mass is 338 g/mol. The molecule has 0 saturated heterocycles. The van der Waals surface area contributed by atoms with Gasteiger partial charge in [-0.2, -0.15) is 0 Å². The van der Waals surface area contributed by atoms with Crippen LogP contribution in [0.2, 0.25) is 5.02 Å². The molecule has 23 heavy (non-hydrogen) atoms. The third kappa shape index (κ3) is 4.76. The van der Waals surface area contributed by atoms with Gasteiger partial charge < -0.3 is 15.2 Å². The standard InChI is InChI=1S/C14H15ClN4O4/c1-23-8-12(9-2-4-10(15)5-3-9)16-13(20)7-19-6-11(14(21)22)17-18-19/h2-6,12H,7-8H2,1H3,(H,16,20)(H,21,22). The molecule has 9 heteroatoms. The Balaban J connectivity index is 2.02. The number of methoxy groups -OCH3 is 1. The van der Waals surface area contributed by atoms with Gasteiger partial charge in [0.1, 0.15) is 6.54 Å². The van der Waals surface area contributed by atoms with E-state index >= 15 is 0 Å². The largest absolute Gasteiger partial charge is 0.476 e.